The van der Waals surface area contributed by atoms with Crippen molar-refractivity contribution in [3.63, 3.8) is 0 Å². The number of carbonyl (C=O) groups is 2. The molecular weight excluding hydrogens is 230 g/mol. The van der Waals surface area contributed by atoms with Gasteiger partial charge in [-0.2, -0.15) is 0 Å². The van der Waals surface area contributed by atoms with E-state index in [1.807, 2.05) is 0 Å². The zero-order valence-electron chi connectivity index (χ0n) is 11.4. The van der Waals surface area contributed by atoms with Gasteiger partial charge >= 0.3 is 0 Å². The van der Waals surface area contributed by atoms with Gasteiger partial charge in [-0.15, -0.1) is 0 Å². The van der Waals surface area contributed by atoms with Gasteiger partial charge in [0.2, 0.25) is 11.8 Å². The molecule has 1 aliphatic rings. The Balaban J connectivity index is 2.37. The van der Waals surface area contributed by atoms with E-state index in [1.165, 1.54) is 0 Å². The van der Waals surface area contributed by atoms with Crippen LogP contribution in [0.5, 0.6) is 0 Å². The van der Waals surface area contributed by atoms with Gasteiger partial charge in [0, 0.05) is 26.1 Å². The molecule has 0 aliphatic carbocycles. The number of nitrogens with zero attached hydrogens (tertiary/aromatic N) is 1. The molecule has 1 atom stereocenters. The van der Waals surface area contributed by atoms with Gasteiger partial charge in [0.1, 0.15) is 0 Å². The van der Waals surface area contributed by atoms with Gasteiger partial charge in [-0.1, -0.05) is 19.8 Å². The molecule has 0 radical (unpaired) electrons. The Labute approximate surface area is 109 Å². The molecule has 2 amide bonds. The van der Waals surface area contributed by atoms with Crippen molar-refractivity contribution in [1.82, 2.24) is 10.2 Å². The van der Waals surface area contributed by atoms with Crippen molar-refractivity contribution >= 4 is 11.8 Å². The molecule has 0 aromatic heterocycles. The zero-order valence-corrected chi connectivity index (χ0v) is 11.4. The first-order chi connectivity index (χ1) is 8.60. The third kappa shape index (κ3) is 3.98. The van der Waals surface area contributed by atoms with Gasteiger partial charge in [0.25, 0.3) is 0 Å². The normalized spacial score (nSPS) is 18.5. The third-order valence-electron chi connectivity index (χ3n) is 3.61. The number of carbonyl (C=O) groups excluding carboxylic acids is 2. The van der Waals surface area contributed by atoms with Crippen LogP contribution < -0.4 is 11.1 Å². The SMILES string of the molecule is CCCCC(N)C(=O)N1CCC(C(=O)NC)CC1. The minimum atomic E-state index is -0.374. The summed E-state index contributed by atoms with van der Waals surface area (Å²) in [6.45, 7) is 3.39. The highest BCUT2D eigenvalue weighted by Crippen LogP contribution is 2.18. The molecule has 0 aromatic rings. The number of rotatable bonds is 5. The van der Waals surface area contributed by atoms with Gasteiger partial charge in [-0.25, -0.2) is 0 Å². The summed E-state index contributed by atoms with van der Waals surface area (Å²) < 4.78 is 0. The Bertz CT molecular complexity index is 286. The predicted octanol–water partition coefficient (Wildman–Crippen LogP) is 0.489. The summed E-state index contributed by atoms with van der Waals surface area (Å²) in [5.74, 6) is 0.169. The van der Waals surface area contributed by atoms with E-state index >= 15 is 0 Å². The Morgan fingerprint density at radius 1 is 1.39 bits per heavy atom. The second-order valence-electron chi connectivity index (χ2n) is 4.96. The molecule has 5 nitrogen and oxygen atoms in total. The van der Waals surface area contributed by atoms with Crippen LogP contribution in [0.4, 0.5) is 0 Å². The van der Waals surface area contributed by atoms with Crippen molar-refractivity contribution in [2.24, 2.45) is 11.7 Å². The summed E-state index contributed by atoms with van der Waals surface area (Å²) in [6, 6.07) is -0.374. The molecule has 5 heteroatoms. The molecular formula is C13H25N3O2. The van der Waals surface area contributed by atoms with Gasteiger partial charge in [0.15, 0.2) is 0 Å². The van der Waals surface area contributed by atoms with Crippen LogP contribution in [-0.2, 0) is 9.59 Å². The highest BCUT2D eigenvalue weighted by molar-refractivity contribution is 5.82. The predicted molar refractivity (Wildman–Crippen MR) is 70.9 cm³/mol. The molecule has 3 N–H and O–H groups in total. The molecule has 1 fully saturated rings. The fraction of sp³-hybridized carbons (Fsp3) is 0.846. The summed E-state index contributed by atoms with van der Waals surface area (Å²) in [5.41, 5.74) is 5.88. The molecule has 104 valence electrons. The first-order valence-electron chi connectivity index (χ1n) is 6.86. The first kappa shape index (κ1) is 15.0. The topological polar surface area (TPSA) is 75.4 Å². The lowest BCUT2D eigenvalue weighted by molar-refractivity contribution is -0.136. The number of nitrogens with one attached hydrogen (secondary N) is 1. The van der Waals surface area contributed by atoms with E-state index in [-0.39, 0.29) is 23.8 Å². The molecule has 0 saturated carbocycles. The molecule has 1 rings (SSSR count). The van der Waals surface area contributed by atoms with E-state index in [4.69, 9.17) is 5.73 Å². The minimum Gasteiger partial charge on any atom is -0.359 e. The Hall–Kier alpha value is -1.10. The fourth-order valence-electron chi connectivity index (χ4n) is 2.35. The molecule has 1 unspecified atom stereocenters. The van der Waals surface area contributed by atoms with Crippen molar-refractivity contribution in [2.75, 3.05) is 20.1 Å². The van der Waals surface area contributed by atoms with Crippen LogP contribution in [0.3, 0.4) is 0 Å². The lowest BCUT2D eigenvalue weighted by Gasteiger charge is -2.32. The second kappa shape index (κ2) is 7.36. The highest BCUT2D eigenvalue weighted by atomic mass is 16.2. The lowest BCUT2D eigenvalue weighted by Crippen LogP contribution is -2.48. The van der Waals surface area contributed by atoms with Crippen LogP contribution in [-0.4, -0.2) is 42.9 Å². The fourth-order valence-corrected chi connectivity index (χ4v) is 2.35. The van der Waals surface area contributed by atoms with E-state index in [9.17, 15) is 9.59 Å². The molecule has 1 heterocycles. The van der Waals surface area contributed by atoms with Crippen LogP contribution in [0.2, 0.25) is 0 Å². The molecule has 1 aliphatic heterocycles. The maximum absolute atomic E-state index is 12.1. The van der Waals surface area contributed by atoms with Crippen LogP contribution in [0.15, 0.2) is 0 Å². The Kier molecular flexibility index (Phi) is 6.12. The largest absolute Gasteiger partial charge is 0.359 e. The van der Waals surface area contributed by atoms with Gasteiger partial charge in [-0.05, 0) is 19.3 Å². The van der Waals surface area contributed by atoms with Crippen molar-refractivity contribution in [2.45, 2.75) is 45.1 Å². The van der Waals surface area contributed by atoms with Crippen molar-refractivity contribution < 1.29 is 9.59 Å². The summed E-state index contributed by atoms with van der Waals surface area (Å²) in [7, 11) is 1.65. The maximum Gasteiger partial charge on any atom is 0.239 e. The minimum absolute atomic E-state index is 0.0406. The monoisotopic (exact) mass is 255 g/mol. The second-order valence-corrected chi connectivity index (χ2v) is 4.96. The average molecular weight is 255 g/mol. The summed E-state index contributed by atoms with van der Waals surface area (Å²) in [5, 5.41) is 2.66. The number of amides is 2. The molecule has 1 saturated heterocycles. The average Bonchev–Trinajstić information content (AvgIpc) is 2.43. The maximum atomic E-state index is 12.1. The van der Waals surface area contributed by atoms with E-state index in [0.717, 1.165) is 32.1 Å². The number of nitrogens with two attached hydrogens (primary N) is 1. The molecule has 0 aromatic carbocycles. The van der Waals surface area contributed by atoms with Crippen molar-refractivity contribution in [3.8, 4) is 0 Å². The smallest absolute Gasteiger partial charge is 0.239 e. The number of unbranched alkanes of at least 4 members (excludes halogenated alkanes) is 1. The zero-order chi connectivity index (χ0) is 13.5. The van der Waals surface area contributed by atoms with Gasteiger partial charge < -0.3 is 16.0 Å². The van der Waals surface area contributed by atoms with Crippen LogP contribution in [0, 0.1) is 5.92 Å². The quantitative estimate of drug-likeness (QED) is 0.750. The van der Waals surface area contributed by atoms with Crippen molar-refractivity contribution in [3.05, 3.63) is 0 Å². The van der Waals surface area contributed by atoms with E-state index in [2.05, 4.69) is 12.2 Å². The third-order valence-corrected chi connectivity index (χ3v) is 3.61. The molecule has 18 heavy (non-hydrogen) atoms. The number of piperidine rings is 1. The Morgan fingerprint density at radius 3 is 2.50 bits per heavy atom. The summed E-state index contributed by atoms with van der Waals surface area (Å²) >= 11 is 0. The first-order valence-corrected chi connectivity index (χ1v) is 6.86. The molecule has 0 bridgehead atoms. The van der Waals surface area contributed by atoms with Crippen molar-refractivity contribution in [1.29, 1.82) is 0 Å². The molecule has 0 spiro atoms. The number of likely N-dealkylation sites (tertiary alicyclic amines) is 1. The highest BCUT2D eigenvalue weighted by Gasteiger charge is 2.28. The summed E-state index contributed by atoms with van der Waals surface area (Å²) in [4.78, 5) is 25.3. The lowest BCUT2D eigenvalue weighted by atomic mass is 9.95. The van der Waals surface area contributed by atoms with E-state index in [1.54, 1.807) is 11.9 Å². The van der Waals surface area contributed by atoms with Crippen LogP contribution in [0.1, 0.15) is 39.0 Å². The van der Waals surface area contributed by atoms with Crippen LogP contribution >= 0.6 is 0 Å². The van der Waals surface area contributed by atoms with E-state index < -0.39 is 0 Å². The number of hydrogen-bond donors (Lipinski definition) is 2. The van der Waals surface area contributed by atoms with Gasteiger partial charge in [-0.3, -0.25) is 9.59 Å². The number of hydrogen-bond acceptors (Lipinski definition) is 3. The van der Waals surface area contributed by atoms with Gasteiger partial charge in [0.05, 0.1) is 6.04 Å². The Morgan fingerprint density at radius 2 is 2.00 bits per heavy atom. The summed E-state index contributed by atoms with van der Waals surface area (Å²) in [6.07, 6.45) is 4.28. The van der Waals surface area contributed by atoms with Crippen LogP contribution in [0.25, 0.3) is 0 Å². The standard InChI is InChI=1S/C13H25N3O2/c1-3-4-5-11(14)13(18)16-8-6-10(7-9-16)12(17)15-2/h10-11H,3-9,14H2,1-2H3,(H,15,17). The van der Waals surface area contributed by atoms with E-state index in [0.29, 0.717) is 13.1 Å².